The molecule has 0 saturated carbocycles. The van der Waals surface area contributed by atoms with Crippen molar-refractivity contribution in [3.8, 4) is 0 Å². The second-order valence-corrected chi connectivity index (χ2v) is 7.20. The SMILES string of the molecule is CCCc1cnc2c(c1NC(=O)CCCc1ccccc1)c(=O)n(C)c(=O)n2C. The molecule has 2 heterocycles. The maximum Gasteiger partial charge on any atom is 0.332 e. The summed E-state index contributed by atoms with van der Waals surface area (Å²) in [6.45, 7) is 2.02. The largest absolute Gasteiger partial charge is 0.332 e. The summed E-state index contributed by atoms with van der Waals surface area (Å²) in [7, 11) is 3.00. The number of benzene rings is 1. The first-order valence-corrected chi connectivity index (χ1v) is 9.85. The van der Waals surface area contributed by atoms with E-state index in [9.17, 15) is 14.4 Å². The van der Waals surface area contributed by atoms with E-state index in [2.05, 4.69) is 10.3 Å². The van der Waals surface area contributed by atoms with Crippen molar-refractivity contribution in [2.45, 2.75) is 39.0 Å². The van der Waals surface area contributed by atoms with Crippen molar-refractivity contribution in [2.24, 2.45) is 14.1 Å². The molecule has 0 aliphatic carbocycles. The molecular formula is C22H26N4O3. The van der Waals surface area contributed by atoms with Crippen LogP contribution in [-0.2, 0) is 31.7 Å². The highest BCUT2D eigenvalue weighted by molar-refractivity contribution is 6.01. The quantitative estimate of drug-likeness (QED) is 0.667. The molecule has 0 bridgehead atoms. The molecule has 0 aliphatic rings. The van der Waals surface area contributed by atoms with Gasteiger partial charge in [0, 0.05) is 26.7 Å². The van der Waals surface area contributed by atoms with Crippen LogP contribution in [-0.4, -0.2) is 20.0 Å². The summed E-state index contributed by atoms with van der Waals surface area (Å²) in [5.74, 6) is -0.151. The summed E-state index contributed by atoms with van der Waals surface area (Å²) in [4.78, 5) is 42.0. The molecule has 7 heteroatoms. The molecule has 152 valence electrons. The summed E-state index contributed by atoms with van der Waals surface area (Å²) in [6.07, 6.45) is 5.02. The fraction of sp³-hybridized carbons (Fsp3) is 0.364. The van der Waals surface area contributed by atoms with E-state index in [0.29, 0.717) is 24.9 Å². The average molecular weight is 394 g/mol. The minimum absolute atomic E-state index is 0.151. The number of nitrogens with zero attached hydrogens (tertiary/aromatic N) is 3. The number of hydrogen-bond donors (Lipinski definition) is 1. The molecule has 3 rings (SSSR count). The van der Waals surface area contributed by atoms with Gasteiger partial charge in [-0.15, -0.1) is 0 Å². The molecule has 0 spiro atoms. The lowest BCUT2D eigenvalue weighted by Gasteiger charge is -2.15. The highest BCUT2D eigenvalue weighted by atomic mass is 16.2. The molecule has 3 aromatic rings. The third-order valence-electron chi connectivity index (χ3n) is 5.04. The number of amides is 1. The molecule has 29 heavy (non-hydrogen) atoms. The van der Waals surface area contributed by atoms with Crippen molar-refractivity contribution in [3.63, 3.8) is 0 Å². The minimum atomic E-state index is -0.451. The number of pyridine rings is 1. The first-order valence-electron chi connectivity index (χ1n) is 9.85. The molecule has 7 nitrogen and oxygen atoms in total. The Labute approximate surface area is 169 Å². The van der Waals surface area contributed by atoms with Crippen molar-refractivity contribution >= 4 is 22.6 Å². The summed E-state index contributed by atoms with van der Waals surface area (Å²) in [6, 6.07) is 10.0. The van der Waals surface area contributed by atoms with Crippen molar-refractivity contribution in [1.29, 1.82) is 0 Å². The van der Waals surface area contributed by atoms with E-state index in [4.69, 9.17) is 0 Å². The van der Waals surface area contributed by atoms with Gasteiger partial charge in [0.15, 0.2) is 5.65 Å². The van der Waals surface area contributed by atoms with Crippen molar-refractivity contribution in [3.05, 3.63) is 68.5 Å². The summed E-state index contributed by atoms with van der Waals surface area (Å²) in [5, 5.41) is 3.21. The Balaban J connectivity index is 1.92. The van der Waals surface area contributed by atoms with Gasteiger partial charge in [0.05, 0.1) is 5.69 Å². The molecule has 0 unspecified atom stereocenters. The van der Waals surface area contributed by atoms with Gasteiger partial charge in [0.25, 0.3) is 5.56 Å². The van der Waals surface area contributed by atoms with Gasteiger partial charge < -0.3 is 5.32 Å². The standard InChI is InChI=1S/C22H26N4O3/c1-4-9-16-14-23-20-18(21(28)26(3)22(29)25(20)2)19(16)24-17(27)13-8-12-15-10-6-5-7-11-15/h5-7,10-11,14H,4,8-9,12-13H2,1-3H3,(H,23,24,27). The molecule has 1 amide bonds. The van der Waals surface area contributed by atoms with Gasteiger partial charge in [-0.25, -0.2) is 9.78 Å². The Morgan fingerprint density at radius 3 is 2.48 bits per heavy atom. The molecule has 0 fully saturated rings. The van der Waals surface area contributed by atoms with Gasteiger partial charge >= 0.3 is 5.69 Å². The first-order chi connectivity index (χ1) is 13.9. The molecule has 2 aromatic heterocycles. The van der Waals surface area contributed by atoms with Crippen molar-refractivity contribution in [1.82, 2.24) is 14.1 Å². The molecule has 0 radical (unpaired) electrons. The molecule has 0 atom stereocenters. The van der Waals surface area contributed by atoms with E-state index in [1.54, 1.807) is 13.2 Å². The Kier molecular flexibility index (Phi) is 6.26. The lowest BCUT2D eigenvalue weighted by atomic mass is 10.1. The summed E-state index contributed by atoms with van der Waals surface area (Å²) in [5.41, 5.74) is 1.83. The maximum atomic E-state index is 12.8. The van der Waals surface area contributed by atoms with Crippen LogP contribution < -0.4 is 16.6 Å². The topological polar surface area (TPSA) is 86.0 Å². The zero-order valence-corrected chi connectivity index (χ0v) is 17.1. The van der Waals surface area contributed by atoms with E-state index < -0.39 is 11.2 Å². The lowest BCUT2D eigenvalue weighted by molar-refractivity contribution is -0.116. The predicted molar refractivity (Wildman–Crippen MR) is 114 cm³/mol. The highest BCUT2D eigenvalue weighted by Gasteiger charge is 2.18. The third kappa shape index (κ3) is 4.29. The molecule has 0 saturated heterocycles. The Bertz CT molecular complexity index is 1150. The number of carbonyl (C=O) groups is 1. The number of hydrogen-bond acceptors (Lipinski definition) is 4. The van der Waals surface area contributed by atoms with E-state index >= 15 is 0 Å². The Hall–Kier alpha value is -3.22. The number of anilines is 1. The highest BCUT2D eigenvalue weighted by Crippen LogP contribution is 2.24. The van der Waals surface area contributed by atoms with Gasteiger partial charge in [-0.05, 0) is 30.4 Å². The maximum absolute atomic E-state index is 12.8. The monoisotopic (exact) mass is 394 g/mol. The predicted octanol–water partition coefficient (Wildman–Crippen LogP) is 2.55. The van der Waals surface area contributed by atoms with Gasteiger partial charge in [0.2, 0.25) is 5.91 Å². The third-order valence-corrected chi connectivity index (χ3v) is 5.04. The molecule has 1 N–H and O–H groups in total. The van der Waals surface area contributed by atoms with Gasteiger partial charge in [-0.1, -0.05) is 43.7 Å². The zero-order chi connectivity index (χ0) is 21.0. The van der Waals surface area contributed by atoms with Crippen LogP contribution in [0, 0.1) is 0 Å². The summed E-state index contributed by atoms with van der Waals surface area (Å²) < 4.78 is 2.38. The average Bonchev–Trinajstić information content (AvgIpc) is 2.72. The molecular weight excluding hydrogens is 368 g/mol. The number of rotatable bonds is 7. The summed E-state index contributed by atoms with van der Waals surface area (Å²) >= 11 is 0. The van der Waals surface area contributed by atoms with Crippen molar-refractivity contribution < 1.29 is 4.79 Å². The molecule has 0 aliphatic heterocycles. The number of carbonyl (C=O) groups excluding carboxylic acids is 1. The van der Waals surface area contributed by atoms with Gasteiger partial charge in [-0.2, -0.15) is 0 Å². The van der Waals surface area contributed by atoms with E-state index in [1.165, 1.54) is 17.2 Å². The van der Waals surface area contributed by atoms with Crippen LogP contribution in [0.5, 0.6) is 0 Å². The van der Waals surface area contributed by atoms with Crippen LogP contribution in [0.3, 0.4) is 0 Å². The van der Waals surface area contributed by atoms with Crippen LogP contribution in [0.4, 0.5) is 5.69 Å². The number of fused-ring (bicyclic) bond motifs is 1. The second-order valence-electron chi connectivity index (χ2n) is 7.20. The fourth-order valence-corrected chi connectivity index (χ4v) is 3.47. The number of aromatic nitrogens is 3. The van der Waals surface area contributed by atoms with Crippen LogP contribution in [0.25, 0.3) is 11.0 Å². The van der Waals surface area contributed by atoms with Crippen LogP contribution in [0.15, 0.2) is 46.1 Å². The van der Waals surface area contributed by atoms with E-state index in [1.807, 2.05) is 37.3 Å². The Morgan fingerprint density at radius 2 is 1.79 bits per heavy atom. The van der Waals surface area contributed by atoms with Crippen LogP contribution in [0.1, 0.15) is 37.3 Å². The smallest absolute Gasteiger partial charge is 0.325 e. The van der Waals surface area contributed by atoms with Crippen molar-refractivity contribution in [2.75, 3.05) is 5.32 Å². The van der Waals surface area contributed by atoms with E-state index in [0.717, 1.165) is 23.0 Å². The second kappa shape index (κ2) is 8.86. The zero-order valence-electron chi connectivity index (χ0n) is 17.1. The molecule has 1 aromatic carbocycles. The number of aryl methyl sites for hydroxylation is 3. The lowest BCUT2D eigenvalue weighted by Crippen LogP contribution is -2.38. The van der Waals surface area contributed by atoms with Gasteiger partial charge in [0.1, 0.15) is 5.39 Å². The number of nitrogens with one attached hydrogen (secondary N) is 1. The normalized spacial score (nSPS) is 11.0. The van der Waals surface area contributed by atoms with E-state index in [-0.39, 0.29) is 16.9 Å². The minimum Gasteiger partial charge on any atom is -0.325 e. The Morgan fingerprint density at radius 1 is 1.07 bits per heavy atom. The van der Waals surface area contributed by atoms with Gasteiger partial charge in [-0.3, -0.25) is 18.7 Å². The fourth-order valence-electron chi connectivity index (χ4n) is 3.47. The first kappa shape index (κ1) is 20.5. The van der Waals surface area contributed by atoms with Crippen LogP contribution >= 0.6 is 0 Å². The van der Waals surface area contributed by atoms with Crippen LogP contribution in [0.2, 0.25) is 0 Å².